The van der Waals surface area contributed by atoms with Crippen LogP contribution in [0.4, 0.5) is 8.78 Å². The van der Waals surface area contributed by atoms with Gasteiger partial charge in [-0.3, -0.25) is 15.6 Å². The van der Waals surface area contributed by atoms with Crippen LogP contribution in [0, 0.1) is 0 Å². The van der Waals surface area contributed by atoms with Crippen LogP contribution >= 0.6 is 12.2 Å². The van der Waals surface area contributed by atoms with Crippen LogP contribution in [0.25, 0.3) is 0 Å². The first kappa shape index (κ1) is 15.1. The maximum absolute atomic E-state index is 11.9. The number of hydrogen-bond donors (Lipinski definition) is 3. The van der Waals surface area contributed by atoms with Gasteiger partial charge in [0, 0.05) is 12.1 Å². The van der Waals surface area contributed by atoms with E-state index in [4.69, 9.17) is 12.2 Å². The summed E-state index contributed by atoms with van der Waals surface area (Å²) in [5.41, 5.74) is 5.15. The van der Waals surface area contributed by atoms with E-state index in [1.807, 2.05) is 6.92 Å². The molecule has 1 aromatic rings. The van der Waals surface area contributed by atoms with E-state index < -0.39 is 12.5 Å². The average molecular weight is 289 g/mol. The number of hydrogen-bond acceptors (Lipinski definition) is 3. The van der Waals surface area contributed by atoms with Crippen molar-refractivity contribution in [2.24, 2.45) is 0 Å². The Balaban J connectivity index is 2.51. The molecule has 5 nitrogen and oxygen atoms in total. The van der Waals surface area contributed by atoms with E-state index in [9.17, 15) is 13.6 Å². The normalized spacial score (nSPS) is 9.89. The second-order valence-corrected chi connectivity index (χ2v) is 3.75. The fraction of sp³-hybridized carbons (Fsp3) is 0.273. The molecule has 0 spiro atoms. The monoisotopic (exact) mass is 289 g/mol. The molecule has 1 rings (SSSR count). The first-order valence-corrected chi connectivity index (χ1v) is 5.82. The van der Waals surface area contributed by atoms with Gasteiger partial charge in [-0.15, -0.1) is 0 Å². The summed E-state index contributed by atoms with van der Waals surface area (Å²) in [6, 6.07) is 5.30. The van der Waals surface area contributed by atoms with Crippen molar-refractivity contribution in [1.82, 2.24) is 16.2 Å². The predicted octanol–water partition coefficient (Wildman–Crippen LogP) is 1.42. The highest BCUT2D eigenvalue weighted by Gasteiger charge is 2.08. The van der Waals surface area contributed by atoms with Crippen LogP contribution in [-0.4, -0.2) is 24.2 Å². The van der Waals surface area contributed by atoms with Gasteiger partial charge in [-0.25, -0.2) is 0 Å². The van der Waals surface area contributed by atoms with Crippen LogP contribution in [0.15, 0.2) is 24.3 Å². The van der Waals surface area contributed by atoms with Crippen LogP contribution < -0.4 is 20.9 Å². The smallest absolute Gasteiger partial charge is 0.387 e. The van der Waals surface area contributed by atoms with Crippen molar-refractivity contribution in [2.45, 2.75) is 13.5 Å². The zero-order chi connectivity index (χ0) is 14.3. The quantitative estimate of drug-likeness (QED) is 0.578. The molecule has 0 radical (unpaired) electrons. The minimum absolute atomic E-state index is 0.0114. The minimum atomic E-state index is -2.89. The lowest BCUT2D eigenvalue weighted by Crippen LogP contribution is -2.46. The zero-order valence-electron chi connectivity index (χ0n) is 10.1. The fourth-order valence-corrected chi connectivity index (χ4v) is 1.37. The Morgan fingerprint density at radius 2 is 1.95 bits per heavy atom. The molecule has 1 amide bonds. The standard InChI is InChI=1S/C11H13F2N3O2S/c1-2-14-11(19)16-15-9(17)7-3-5-8(6-4-7)18-10(12)13/h3-6,10H,2H2,1H3,(H,15,17)(H2,14,16,19). The molecule has 0 atom stereocenters. The SMILES string of the molecule is CCNC(=S)NNC(=O)c1ccc(OC(F)F)cc1. The molecule has 104 valence electrons. The van der Waals surface area contributed by atoms with Crippen molar-refractivity contribution >= 4 is 23.2 Å². The number of ether oxygens (including phenoxy) is 1. The van der Waals surface area contributed by atoms with E-state index >= 15 is 0 Å². The van der Waals surface area contributed by atoms with E-state index in [0.717, 1.165) is 0 Å². The third-order valence-electron chi connectivity index (χ3n) is 1.97. The molecular weight excluding hydrogens is 276 g/mol. The summed E-state index contributed by atoms with van der Waals surface area (Å²) < 4.78 is 28.0. The number of benzene rings is 1. The number of carbonyl (C=O) groups excluding carboxylic acids is 1. The molecule has 0 saturated carbocycles. The van der Waals surface area contributed by atoms with E-state index in [-0.39, 0.29) is 16.4 Å². The van der Waals surface area contributed by atoms with Crippen molar-refractivity contribution in [1.29, 1.82) is 0 Å². The van der Waals surface area contributed by atoms with Gasteiger partial charge in [0.15, 0.2) is 5.11 Å². The van der Waals surface area contributed by atoms with Gasteiger partial charge in [-0.05, 0) is 43.4 Å². The maximum atomic E-state index is 11.9. The van der Waals surface area contributed by atoms with E-state index in [0.29, 0.717) is 6.54 Å². The Morgan fingerprint density at radius 3 is 2.47 bits per heavy atom. The molecule has 1 aromatic carbocycles. The molecule has 19 heavy (non-hydrogen) atoms. The van der Waals surface area contributed by atoms with E-state index in [2.05, 4.69) is 20.9 Å². The first-order valence-electron chi connectivity index (χ1n) is 5.42. The van der Waals surface area contributed by atoms with E-state index in [1.165, 1.54) is 24.3 Å². The highest BCUT2D eigenvalue weighted by Crippen LogP contribution is 2.14. The van der Waals surface area contributed by atoms with Gasteiger partial charge in [0.2, 0.25) is 0 Å². The molecule has 0 heterocycles. The van der Waals surface area contributed by atoms with Crippen molar-refractivity contribution in [3.63, 3.8) is 0 Å². The van der Waals surface area contributed by atoms with Crippen molar-refractivity contribution in [3.8, 4) is 5.75 Å². The number of rotatable bonds is 4. The summed E-state index contributed by atoms with van der Waals surface area (Å²) in [6.07, 6.45) is 0. The Hall–Kier alpha value is -1.96. The highest BCUT2D eigenvalue weighted by molar-refractivity contribution is 7.80. The van der Waals surface area contributed by atoms with Gasteiger partial charge >= 0.3 is 6.61 Å². The molecule has 8 heteroatoms. The molecule has 0 fully saturated rings. The Kier molecular flexibility index (Phi) is 5.94. The summed E-state index contributed by atoms with van der Waals surface area (Å²) in [4.78, 5) is 11.6. The second-order valence-electron chi connectivity index (χ2n) is 3.34. The molecule has 0 saturated heterocycles. The minimum Gasteiger partial charge on any atom is -0.435 e. The molecule has 0 aliphatic carbocycles. The summed E-state index contributed by atoms with van der Waals surface area (Å²) in [5.74, 6) is -0.452. The van der Waals surface area contributed by atoms with Crippen LogP contribution in [-0.2, 0) is 0 Å². The molecule has 3 N–H and O–H groups in total. The molecule has 0 aliphatic heterocycles. The molecule has 0 unspecified atom stereocenters. The van der Waals surface area contributed by atoms with Gasteiger partial charge in [0.05, 0.1) is 0 Å². The lowest BCUT2D eigenvalue weighted by molar-refractivity contribution is -0.0498. The summed E-state index contributed by atoms with van der Waals surface area (Å²) >= 11 is 4.85. The maximum Gasteiger partial charge on any atom is 0.387 e. The predicted molar refractivity (Wildman–Crippen MR) is 70.0 cm³/mol. The highest BCUT2D eigenvalue weighted by atomic mass is 32.1. The molecule has 0 aliphatic rings. The summed E-state index contributed by atoms with van der Waals surface area (Å²) in [5, 5.41) is 3.07. The van der Waals surface area contributed by atoms with Gasteiger partial charge in [0.25, 0.3) is 5.91 Å². The van der Waals surface area contributed by atoms with Gasteiger partial charge < -0.3 is 10.1 Å². The second kappa shape index (κ2) is 7.47. The van der Waals surface area contributed by atoms with Crippen LogP contribution in [0.5, 0.6) is 5.75 Å². The van der Waals surface area contributed by atoms with Crippen LogP contribution in [0.1, 0.15) is 17.3 Å². The fourth-order valence-electron chi connectivity index (χ4n) is 1.18. The molecule has 0 aromatic heterocycles. The zero-order valence-corrected chi connectivity index (χ0v) is 10.9. The Labute approximate surface area is 114 Å². The van der Waals surface area contributed by atoms with Crippen molar-refractivity contribution in [3.05, 3.63) is 29.8 Å². The lowest BCUT2D eigenvalue weighted by Gasteiger charge is -2.10. The number of hydrazine groups is 1. The van der Waals surface area contributed by atoms with Crippen LogP contribution in [0.2, 0.25) is 0 Å². The number of carbonyl (C=O) groups is 1. The van der Waals surface area contributed by atoms with E-state index in [1.54, 1.807) is 0 Å². The number of alkyl halides is 2. The first-order chi connectivity index (χ1) is 9.02. The third kappa shape index (κ3) is 5.47. The average Bonchev–Trinajstić information content (AvgIpc) is 2.36. The van der Waals surface area contributed by atoms with Crippen molar-refractivity contribution in [2.75, 3.05) is 6.54 Å². The Bertz CT molecular complexity index is 440. The number of thiocarbonyl (C=S) groups is 1. The van der Waals surface area contributed by atoms with Gasteiger partial charge in [0.1, 0.15) is 5.75 Å². The number of nitrogens with one attached hydrogen (secondary N) is 3. The lowest BCUT2D eigenvalue weighted by atomic mass is 10.2. The topological polar surface area (TPSA) is 62.4 Å². The van der Waals surface area contributed by atoms with Gasteiger partial charge in [-0.1, -0.05) is 0 Å². The number of amides is 1. The third-order valence-corrected chi connectivity index (χ3v) is 2.21. The van der Waals surface area contributed by atoms with Gasteiger partial charge in [-0.2, -0.15) is 8.78 Å². The summed E-state index contributed by atoms with van der Waals surface area (Å²) in [6.45, 7) is -0.405. The molecular formula is C11H13F2N3O2S. The van der Waals surface area contributed by atoms with Crippen molar-refractivity contribution < 1.29 is 18.3 Å². The number of halogens is 2. The Morgan fingerprint density at radius 1 is 1.32 bits per heavy atom. The summed E-state index contributed by atoms with van der Waals surface area (Å²) in [7, 11) is 0. The molecule has 0 bridgehead atoms. The van der Waals surface area contributed by atoms with Crippen LogP contribution in [0.3, 0.4) is 0 Å². The largest absolute Gasteiger partial charge is 0.435 e.